The molecule has 1 saturated heterocycles. The van der Waals surface area contributed by atoms with Gasteiger partial charge in [0.15, 0.2) is 0 Å². The van der Waals surface area contributed by atoms with Crippen LogP contribution >= 0.6 is 0 Å². The van der Waals surface area contributed by atoms with Gasteiger partial charge in [-0.15, -0.1) is 0 Å². The second-order valence-corrected chi connectivity index (χ2v) is 8.06. The Labute approximate surface area is 156 Å². The Bertz CT molecular complexity index is 823. The number of piperidine rings is 1. The summed E-state index contributed by atoms with van der Waals surface area (Å²) in [6.45, 7) is 5.24. The zero-order valence-electron chi connectivity index (χ0n) is 15.3. The van der Waals surface area contributed by atoms with Crippen molar-refractivity contribution in [3.05, 3.63) is 35.4 Å². The molecule has 3 amide bonds. The summed E-state index contributed by atoms with van der Waals surface area (Å²) in [5.74, 6) is -1.95. The number of fused-ring (bicyclic) bond motifs is 2. The first-order valence-electron chi connectivity index (χ1n) is 8.88. The molecule has 2 fully saturated rings. The van der Waals surface area contributed by atoms with Crippen LogP contribution < -0.4 is 0 Å². The number of ether oxygens (including phenoxy) is 1. The van der Waals surface area contributed by atoms with E-state index in [1.165, 1.54) is 17.0 Å². The van der Waals surface area contributed by atoms with Gasteiger partial charge >= 0.3 is 12.1 Å². The molecule has 27 heavy (non-hydrogen) atoms. The summed E-state index contributed by atoms with van der Waals surface area (Å²) in [5, 5.41) is 0.476. The van der Waals surface area contributed by atoms with E-state index in [4.69, 9.17) is 9.57 Å². The normalized spacial score (nSPS) is 26.0. The molecule has 1 aromatic rings. The summed E-state index contributed by atoms with van der Waals surface area (Å²) in [5.41, 5.74) is -0.316. The maximum atomic E-state index is 12.7. The molecular formula is C19H20N2O6. The average Bonchev–Trinajstić information content (AvgIpc) is 3.19. The van der Waals surface area contributed by atoms with Crippen molar-refractivity contribution in [2.75, 3.05) is 0 Å². The fraction of sp³-hybridized carbons (Fsp3) is 0.474. The third kappa shape index (κ3) is 2.94. The van der Waals surface area contributed by atoms with Gasteiger partial charge in [-0.1, -0.05) is 17.2 Å². The Hall–Kier alpha value is -2.90. The lowest BCUT2D eigenvalue weighted by atomic mass is 10.1. The molecular weight excluding hydrogens is 352 g/mol. The number of hydrogen-bond acceptors (Lipinski definition) is 6. The van der Waals surface area contributed by atoms with Gasteiger partial charge in [-0.2, -0.15) is 0 Å². The van der Waals surface area contributed by atoms with Crippen LogP contribution in [0.1, 0.15) is 54.3 Å². The maximum Gasteiger partial charge on any atom is 0.411 e. The molecule has 0 bridgehead atoms. The van der Waals surface area contributed by atoms with Crippen molar-refractivity contribution in [2.24, 2.45) is 5.92 Å². The Morgan fingerprint density at radius 2 is 1.63 bits per heavy atom. The second-order valence-electron chi connectivity index (χ2n) is 8.06. The number of likely N-dealkylation sites (tertiary alicyclic amines) is 1. The van der Waals surface area contributed by atoms with Gasteiger partial charge in [-0.25, -0.2) is 9.59 Å². The molecule has 3 atom stereocenters. The summed E-state index contributed by atoms with van der Waals surface area (Å²) in [6, 6.07) is 5.34. The largest absolute Gasteiger partial charge is 0.444 e. The zero-order chi connectivity index (χ0) is 19.5. The summed E-state index contributed by atoms with van der Waals surface area (Å²) >= 11 is 0. The summed E-state index contributed by atoms with van der Waals surface area (Å²) in [4.78, 5) is 56.4. The molecule has 1 aliphatic carbocycles. The third-order valence-electron chi connectivity index (χ3n) is 4.92. The molecule has 0 aromatic heterocycles. The quantitative estimate of drug-likeness (QED) is 0.739. The number of benzene rings is 1. The van der Waals surface area contributed by atoms with Gasteiger partial charge in [-0.05, 0) is 51.7 Å². The fourth-order valence-electron chi connectivity index (χ4n) is 3.64. The van der Waals surface area contributed by atoms with Gasteiger partial charge in [0.05, 0.1) is 11.1 Å². The molecule has 0 N–H and O–H groups in total. The van der Waals surface area contributed by atoms with Crippen LogP contribution in [0.15, 0.2) is 24.3 Å². The van der Waals surface area contributed by atoms with E-state index < -0.39 is 35.5 Å². The minimum absolute atomic E-state index is 0.0559. The second kappa shape index (κ2) is 5.80. The summed E-state index contributed by atoms with van der Waals surface area (Å²) in [6.07, 6.45) is 0.666. The molecule has 8 heteroatoms. The number of nitrogens with zero attached hydrogens (tertiary/aromatic N) is 2. The van der Waals surface area contributed by atoms with Gasteiger partial charge in [0, 0.05) is 6.04 Å². The van der Waals surface area contributed by atoms with Gasteiger partial charge in [-0.3, -0.25) is 14.5 Å². The number of hydrogen-bond donors (Lipinski definition) is 0. The van der Waals surface area contributed by atoms with E-state index >= 15 is 0 Å². The van der Waals surface area contributed by atoms with Crippen molar-refractivity contribution < 1.29 is 28.8 Å². The van der Waals surface area contributed by atoms with Crippen molar-refractivity contribution >= 4 is 23.9 Å². The van der Waals surface area contributed by atoms with Crippen molar-refractivity contribution in [1.29, 1.82) is 0 Å². The first-order chi connectivity index (χ1) is 12.7. The van der Waals surface area contributed by atoms with Gasteiger partial charge < -0.3 is 9.57 Å². The van der Waals surface area contributed by atoms with E-state index in [0.717, 1.165) is 6.42 Å². The molecule has 1 aromatic carbocycles. The van der Waals surface area contributed by atoms with Crippen LogP contribution in [0, 0.1) is 5.92 Å². The highest BCUT2D eigenvalue weighted by Gasteiger charge is 2.58. The van der Waals surface area contributed by atoms with E-state index in [9.17, 15) is 19.2 Å². The fourth-order valence-corrected chi connectivity index (χ4v) is 3.64. The Morgan fingerprint density at radius 3 is 2.19 bits per heavy atom. The van der Waals surface area contributed by atoms with Crippen molar-refractivity contribution in [3.63, 3.8) is 0 Å². The van der Waals surface area contributed by atoms with Crippen molar-refractivity contribution in [2.45, 2.75) is 51.3 Å². The van der Waals surface area contributed by atoms with Crippen molar-refractivity contribution in [1.82, 2.24) is 9.96 Å². The highest BCUT2D eigenvalue weighted by atomic mass is 16.7. The SMILES string of the molecule is CC(C)(C)OC(=O)N1C(C(=O)ON2C(=O)c3ccccc3C2=O)CC2CC21. The molecule has 2 heterocycles. The molecule has 8 nitrogen and oxygen atoms in total. The predicted molar refractivity (Wildman–Crippen MR) is 91.4 cm³/mol. The smallest absolute Gasteiger partial charge is 0.411 e. The van der Waals surface area contributed by atoms with E-state index in [1.54, 1.807) is 32.9 Å². The van der Waals surface area contributed by atoms with Gasteiger partial charge in [0.1, 0.15) is 11.6 Å². The zero-order valence-corrected chi connectivity index (χ0v) is 15.3. The summed E-state index contributed by atoms with van der Waals surface area (Å²) in [7, 11) is 0. The Kier molecular flexibility index (Phi) is 3.76. The van der Waals surface area contributed by atoms with E-state index in [2.05, 4.69) is 0 Å². The first kappa shape index (κ1) is 17.5. The lowest BCUT2D eigenvalue weighted by Crippen LogP contribution is -2.48. The summed E-state index contributed by atoms with van der Waals surface area (Å²) < 4.78 is 5.39. The van der Waals surface area contributed by atoms with E-state index in [1.807, 2.05) is 0 Å². The number of carbonyl (C=O) groups excluding carboxylic acids is 4. The number of carbonyl (C=O) groups is 4. The number of rotatable bonds is 2. The predicted octanol–water partition coefficient (Wildman–Crippen LogP) is 2.14. The van der Waals surface area contributed by atoms with E-state index in [0.29, 0.717) is 11.5 Å². The van der Waals surface area contributed by atoms with Gasteiger partial charge in [0.2, 0.25) is 0 Å². The first-order valence-corrected chi connectivity index (χ1v) is 8.88. The number of hydroxylamine groups is 2. The van der Waals surface area contributed by atoms with Crippen LogP contribution in [0.2, 0.25) is 0 Å². The van der Waals surface area contributed by atoms with Crippen LogP contribution in [0.3, 0.4) is 0 Å². The standard InChI is InChI=1S/C19H20N2O6/c1-19(2,3)26-18(25)20-13-8-10(13)9-14(20)17(24)27-21-15(22)11-6-4-5-7-12(11)16(21)23/h4-7,10,13-14H,8-9H2,1-3H3. The van der Waals surface area contributed by atoms with Crippen molar-refractivity contribution in [3.8, 4) is 0 Å². The number of imide groups is 1. The van der Waals surface area contributed by atoms with E-state index in [-0.39, 0.29) is 23.1 Å². The van der Waals surface area contributed by atoms with Crippen LogP contribution in [-0.4, -0.2) is 51.5 Å². The lowest BCUT2D eigenvalue weighted by molar-refractivity contribution is -0.174. The highest BCUT2D eigenvalue weighted by molar-refractivity contribution is 6.20. The van der Waals surface area contributed by atoms with Gasteiger partial charge in [0.25, 0.3) is 11.8 Å². The molecule has 3 aliphatic rings. The van der Waals surface area contributed by atoms with Crippen LogP contribution in [0.5, 0.6) is 0 Å². The minimum Gasteiger partial charge on any atom is -0.444 e. The molecule has 1 saturated carbocycles. The molecule has 4 rings (SSSR count). The highest BCUT2D eigenvalue weighted by Crippen LogP contribution is 2.48. The lowest BCUT2D eigenvalue weighted by Gasteiger charge is -2.29. The molecule has 2 aliphatic heterocycles. The number of amides is 3. The van der Waals surface area contributed by atoms with Crippen LogP contribution in [0.25, 0.3) is 0 Å². The topological polar surface area (TPSA) is 93.2 Å². The van der Waals surface area contributed by atoms with Crippen LogP contribution in [-0.2, 0) is 14.4 Å². The molecule has 0 spiro atoms. The molecule has 0 radical (unpaired) electrons. The molecule has 3 unspecified atom stereocenters. The monoisotopic (exact) mass is 372 g/mol. The molecule has 142 valence electrons. The average molecular weight is 372 g/mol. The third-order valence-corrected chi connectivity index (χ3v) is 4.92. The minimum atomic E-state index is -0.868. The van der Waals surface area contributed by atoms with Crippen LogP contribution in [0.4, 0.5) is 4.79 Å². The Balaban J connectivity index is 1.49. The Morgan fingerprint density at radius 1 is 1.04 bits per heavy atom. The maximum absolute atomic E-state index is 12.7.